The van der Waals surface area contributed by atoms with Crippen LogP contribution in [0.1, 0.15) is 44.9 Å². The fraction of sp³-hybridized carbons (Fsp3) is 0.857. The molecule has 2 aliphatic rings. The van der Waals surface area contributed by atoms with Gasteiger partial charge in [0.05, 0.1) is 0 Å². The molecular formula is C14H25N3O2. The van der Waals surface area contributed by atoms with E-state index in [0.29, 0.717) is 31.3 Å². The Morgan fingerprint density at radius 3 is 2.63 bits per heavy atom. The summed E-state index contributed by atoms with van der Waals surface area (Å²) < 4.78 is 0. The fourth-order valence-electron chi connectivity index (χ4n) is 2.39. The van der Waals surface area contributed by atoms with Crippen molar-refractivity contribution >= 4 is 11.8 Å². The van der Waals surface area contributed by atoms with Gasteiger partial charge in [-0.15, -0.1) is 0 Å². The third-order valence-electron chi connectivity index (χ3n) is 3.79. The largest absolute Gasteiger partial charge is 0.356 e. The molecule has 1 unspecified atom stereocenters. The molecule has 0 aromatic heterocycles. The van der Waals surface area contributed by atoms with Crippen molar-refractivity contribution < 1.29 is 9.59 Å². The van der Waals surface area contributed by atoms with Crippen molar-refractivity contribution in [2.45, 2.75) is 51.0 Å². The summed E-state index contributed by atoms with van der Waals surface area (Å²) in [6.45, 7) is 2.75. The number of hydrogen-bond acceptors (Lipinski definition) is 3. The third kappa shape index (κ3) is 6.05. The molecule has 5 heteroatoms. The molecule has 0 aromatic carbocycles. The zero-order chi connectivity index (χ0) is 13.5. The molecular weight excluding hydrogens is 242 g/mol. The summed E-state index contributed by atoms with van der Waals surface area (Å²) in [7, 11) is 0. The average Bonchev–Trinajstić information content (AvgIpc) is 3.05. The highest BCUT2D eigenvalue weighted by atomic mass is 16.2. The number of amides is 2. The molecule has 1 aliphatic carbocycles. The number of rotatable bonds is 8. The van der Waals surface area contributed by atoms with Crippen molar-refractivity contribution in [1.82, 2.24) is 16.0 Å². The molecule has 108 valence electrons. The second kappa shape index (κ2) is 7.48. The first-order chi connectivity index (χ1) is 9.24. The predicted molar refractivity (Wildman–Crippen MR) is 73.6 cm³/mol. The first-order valence-corrected chi connectivity index (χ1v) is 7.51. The van der Waals surface area contributed by atoms with Crippen LogP contribution in [-0.2, 0) is 9.59 Å². The van der Waals surface area contributed by atoms with E-state index in [1.54, 1.807) is 0 Å². The van der Waals surface area contributed by atoms with Crippen molar-refractivity contribution in [3.05, 3.63) is 0 Å². The highest BCUT2D eigenvalue weighted by Crippen LogP contribution is 2.18. The van der Waals surface area contributed by atoms with Gasteiger partial charge in [-0.1, -0.05) is 0 Å². The van der Waals surface area contributed by atoms with Crippen LogP contribution in [0.4, 0.5) is 0 Å². The maximum absolute atomic E-state index is 11.6. The van der Waals surface area contributed by atoms with Crippen LogP contribution in [0, 0.1) is 5.92 Å². The molecule has 1 aliphatic heterocycles. The molecule has 0 bridgehead atoms. The smallest absolute Gasteiger partial charge is 0.220 e. The van der Waals surface area contributed by atoms with Crippen LogP contribution < -0.4 is 16.0 Å². The summed E-state index contributed by atoms with van der Waals surface area (Å²) in [5.74, 6) is 0.901. The molecule has 3 N–H and O–H groups in total. The number of nitrogens with one attached hydrogen (secondary N) is 3. The van der Waals surface area contributed by atoms with Crippen LogP contribution in [0.2, 0.25) is 0 Å². The molecule has 0 radical (unpaired) electrons. The van der Waals surface area contributed by atoms with Crippen molar-refractivity contribution in [1.29, 1.82) is 0 Å². The zero-order valence-corrected chi connectivity index (χ0v) is 11.5. The summed E-state index contributed by atoms with van der Waals surface area (Å²) in [5.41, 5.74) is 0. The van der Waals surface area contributed by atoms with Gasteiger partial charge in [-0.3, -0.25) is 9.59 Å². The average molecular weight is 267 g/mol. The summed E-state index contributed by atoms with van der Waals surface area (Å²) in [5, 5.41) is 9.14. The van der Waals surface area contributed by atoms with E-state index in [9.17, 15) is 9.59 Å². The Bertz CT molecular complexity index is 310. The molecule has 5 nitrogen and oxygen atoms in total. The van der Waals surface area contributed by atoms with Gasteiger partial charge in [-0.25, -0.2) is 0 Å². The minimum absolute atomic E-state index is 0.119. The van der Waals surface area contributed by atoms with Gasteiger partial charge in [0.25, 0.3) is 0 Å². The van der Waals surface area contributed by atoms with Crippen LogP contribution >= 0.6 is 0 Å². The Morgan fingerprint density at radius 2 is 1.95 bits per heavy atom. The van der Waals surface area contributed by atoms with Gasteiger partial charge in [0.15, 0.2) is 0 Å². The van der Waals surface area contributed by atoms with E-state index in [-0.39, 0.29) is 11.8 Å². The van der Waals surface area contributed by atoms with Crippen molar-refractivity contribution in [3.63, 3.8) is 0 Å². The van der Waals surface area contributed by atoms with E-state index < -0.39 is 0 Å². The monoisotopic (exact) mass is 267 g/mol. The Hall–Kier alpha value is -1.10. The molecule has 1 heterocycles. The highest BCUT2D eigenvalue weighted by molar-refractivity contribution is 5.77. The molecule has 1 atom stereocenters. The molecule has 0 spiro atoms. The van der Waals surface area contributed by atoms with Gasteiger partial charge >= 0.3 is 0 Å². The quantitative estimate of drug-likeness (QED) is 0.563. The second-order valence-corrected chi connectivity index (χ2v) is 5.69. The maximum Gasteiger partial charge on any atom is 0.220 e. The lowest BCUT2D eigenvalue weighted by Crippen LogP contribution is -2.28. The molecule has 1 saturated carbocycles. The Kier molecular flexibility index (Phi) is 5.63. The summed E-state index contributed by atoms with van der Waals surface area (Å²) in [6, 6.07) is 0.433. The van der Waals surface area contributed by atoms with Gasteiger partial charge in [-0.2, -0.15) is 0 Å². The van der Waals surface area contributed by atoms with E-state index in [1.807, 2.05) is 0 Å². The SMILES string of the molecule is O=C(CCC1CCNC1)NCCCC(=O)NC1CC1. The standard InChI is InChI=1S/C14H25N3O2/c18-13(6-3-11-7-9-15-10-11)16-8-1-2-14(19)17-12-4-5-12/h11-12,15H,1-10H2,(H,16,18)(H,17,19). The van der Waals surface area contributed by atoms with Crippen LogP contribution in [-0.4, -0.2) is 37.5 Å². The van der Waals surface area contributed by atoms with Gasteiger partial charge in [0, 0.05) is 25.4 Å². The molecule has 2 rings (SSSR count). The third-order valence-corrected chi connectivity index (χ3v) is 3.79. The first-order valence-electron chi connectivity index (χ1n) is 7.51. The maximum atomic E-state index is 11.6. The predicted octanol–water partition coefficient (Wildman–Crippen LogP) is 0.551. The van der Waals surface area contributed by atoms with E-state index in [1.165, 1.54) is 6.42 Å². The topological polar surface area (TPSA) is 70.2 Å². The van der Waals surface area contributed by atoms with E-state index in [0.717, 1.165) is 38.8 Å². The summed E-state index contributed by atoms with van der Waals surface area (Å²) >= 11 is 0. The van der Waals surface area contributed by atoms with Gasteiger partial charge in [0.1, 0.15) is 0 Å². The number of hydrogen-bond donors (Lipinski definition) is 3. The van der Waals surface area contributed by atoms with Crippen LogP contribution in [0.3, 0.4) is 0 Å². The van der Waals surface area contributed by atoms with Crippen LogP contribution in [0.5, 0.6) is 0 Å². The second-order valence-electron chi connectivity index (χ2n) is 5.69. The lowest BCUT2D eigenvalue weighted by molar-refractivity contribution is -0.123. The minimum Gasteiger partial charge on any atom is -0.356 e. The molecule has 2 amide bonds. The van der Waals surface area contributed by atoms with Crippen molar-refractivity contribution in [3.8, 4) is 0 Å². The first kappa shape index (κ1) is 14.3. The fourth-order valence-corrected chi connectivity index (χ4v) is 2.39. The Morgan fingerprint density at radius 1 is 1.11 bits per heavy atom. The zero-order valence-electron chi connectivity index (χ0n) is 11.5. The molecule has 2 fully saturated rings. The van der Waals surface area contributed by atoms with Gasteiger partial charge < -0.3 is 16.0 Å². The molecule has 19 heavy (non-hydrogen) atoms. The molecule has 0 aromatic rings. The minimum atomic E-state index is 0.119. The van der Waals surface area contributed by atoms with Crippen molar-refractivity contribution in [2.24, 2.45) is 5.92 Å². The van der Waals surface area contributed by atoms with Crippen molar-refractivity contribution in [2.75, 3.05) is 19.6 Å². The van der Waals surface area contributed by atoms with Gasteiger partial charge in [-0.05, 0) is 51.1 Å². The van der Waals surface area contributed by atoms with E-state index in [2.05, 4.69) is 16.0 Å². The Balaban J connectivity index is 1.43. The number of carbonyl (C=O) groups is 2. The molecule has 1 saturated heterocycles. The van der Waals surface area contributed by atoms with Crippen LogP contribution in [0.15, 0.2) is 0 Å². The number of carbonyl (C=O) groups excluding carboxylic acids is 2. The Labute approximate surface area is 114 Å². The van der Waals surface area contributed by atoms with Gasteiger partial charge in [0.2, 0.25) is 11.8 Å². The van der Waals surface area contributed by atoms with E-state index in [4.69, 9.17) is 0 Å². The van der Waals surface area contributed by atoms with Crippen LogP contribution in [0.25, 0.3) is 0 Å². The summed E-state index contributed by atoms with van der Waals surface area (Å²) in [6.07, 6.45) is 6.27. The lowest BCUT2D eigenvalue weighted by atomic mass is 10.0. The lowest BCUT2D eigenvalue weighted by Gasteiger charge is -2.08. The highest BCUT2D eigenvalue weighted by Gasteiger charge is 2.22. The van der Waals surface area contributed by atoms with E-state index >= 15 is 0 Å². The summed E-state index contributed by atoms with van der Waals surface area (Å²) in [4.78, 5) is 23.0. The normalized spacial score (nSPS) is 22.2.